The monoisotopic (exact) mass is 389 g/mol. The molecule has 5 nitrogen and oxygen atoms in total. The number of para-hydroxylation sites is 1. The average molecular weight is 389 g/mol. The number of anilines is 2. The molecular weight excluding hydrogens is 362 g/mol. The van der Waals surface area contributed by atoms with Gasteiger partial charge in [0.15, 0.2) is 0 Å². The summed E-state index contributed by atoms with van der Waals surface area (Å²) in [4.78, 5) is 17.1. The normalized spacial score (nSPS) is 10.4. The molecule has 3 aromatic rings. The van der Waals surface area contributed by atoms with Gasteiger partial charge in [-0.15, -0.1) is 0 Å². The van der Waals surface area contributed by atoms with Gasteiger partial charge in [0.05, 0.1) is 18.4 Å². The van der Waals surface area contributed by atoms with Gasteiger partial charge in [-0.3, -0.25) is 9.78 Å². The summed E-state index contributed by atoms with van der Waals surface area (Å²) in [5.74, 6) is 0.675. The predicted molar refractivity (Wildman–Crippen MR) is 118 cm³/mol. The van der Waals surface area contributed by atoms with E-state index >= 15 is 0 Å². The fourth-order valence-electron chi connectivity index (χ4n) is 3.20. The Bertz CT molecular complexity index is 946. The number of nitrogens with zero attached hydrogens (tertiary/aromatic N) is 1. The van der Waals surface area contributed by atoms with Crippen LogP contribution in [0.15, 0.2) is 60.9 Å². The van der Waals surface area contributed by atoms with Gasteiger partial charge in [-0.1, -0.05) is 44.2 Å². The van der Waals surface area contributed by atoms with Crippen LogP contribution in [-0.2, 0) is 19.4 Å². The van der Waals surface area contributed by atoms with E-state index in [0.29, 0.717) is 12.1 Å². The zero-order chi connectivity index (χ0) is 20.6. The Kier molecular flexibility index (Phi) is 6.85. The number of rotatable bonds is 8. The highest BCUT2D eigenvalue weighted by Gasteiger charge is 2.12. The van der Waals surface area contributed by atoms with E-state index in [1.54, 1.807) is 19.5 Å². The van der Waals surface area contributed by atoms with Gasteiger partial charge in [-0.25, -0.2) is 0 Å². The number of aromatic nitrogens is 1. The number of methoxy groups -OCH3 is 1. The number of amides is 1. The van der Waals surface area contributed by atoms with E-state index in [4.69, 9.17) is 4.74 Å². The lowest BCUT2D eigenvalue weighted by Gasteiger charge is -2.15. The van der Waals surface area contributed by atoms with Crippen molar-refractivity contribution in [1.29, 1.82) is 0 Å². The number of ether oxygens (including phenoxy) is 1. The van der Waals surface area contributed by atoms with Crippen LogP contribution in [0.4, 0.5) is 11.4 Å². The lowest BCUT2D eigenvalue weighted by molar-refractivity contribution is 0.102. The van der Waals surface area contributed by atoms with Crippen LogP contribution in [0.25, 0.3) is 0 Å². The Balaban J connectivity index is 1.71. The van der Waals surface area contributed by atoms with E-state index in [1.807, 2.05) is 36.4 Å². The summed E-state index contributed by atoms with van der Waals surface area (Å²) >= 11 is 0. The van der Waals surface area contributed by atoms with Gasteiger partial charge in [0.1, 0.15) is 5.75 Å². The summed E-state index contributed by atoms with van der Waals surface area (Å²) in [5, 5.41) is 6.41. The molecule has 0 aliphatic carbocycles. The number of carbonyl (C=O) groups is 1. The lowest BCUT2D eigenvalue weighted by Crippen LogP contribution is -2.15. The molecule has 2 aromatic carbocycles. The molecule has 0 bridgehead atoms. The Morgan fingerprint density at radius 2 is 1.69 bits per heavy atom. The maximum absolute atomic E-state index is 12.9. The molecule has 0 saturated carbocycles. The van der Waals surface area contributed by atoms with E-state index in [-0.39, 0.29) is 5.91 Å². The molecule has 0 radical (unpaired) electrons. The molecule has 150 valence electrons. The van der Waals surface area contributed by atoms with Crippen molar-refractivity contribution in [2.45, 2.75) is 33.2 Å². The van der Waals surface area contributed by atoms with E-state index in [2.05, 4.69) is 41.6 Å². The van der Waals surface area contributed by atoms with Gasteiger partial charge in [-0.2, -0.15) is 0 Å². The highest BCUT2D eigenvalue weighted by Crippen LogP contribution is 2.23. The summed E-state index contributed by atoms with van der Waals surface area (Å²) in [6, 6.07) is 15.8. The fraction of sp³-hybridized carbons (Fsp3) is 0.250. The highest BCUT2D eigenvalue weighted by molar-refractivity contribution is 6.05. The van der Waals surface area contributed by atoms with E-state index in [9.17, 15) is 4.79 Å². The first-order valence-electron chi connectivity index (χ1n) is 9.88. The Morgan fingerprint density at radius 3 is 2.31 bits per heavy atom. The highest BCUT2D eigenvalue weighted by atomic mass is 16.5. The summed E-state index contributed by atoms with van der Waals surface area (Å²) < 4.78 is 5.18. The van der Waals surface area contributed by atoms with Crippen molar-refractivity contribution in [2.24, 2.45) is 0 Å². The van der Waals surface area contributed by atoms with Crippen LogP contribution < -0.4 is 15.4 Å². The molecule has 2 N–H and O–H groups in total. The van der Waals surface area contributed by atoms with Crippen LogP contribution in [0, 0.1) is 0 Å². The first-order chi connectivity index (χ1) is 14.1. The van der Waals surface area contributed by atoms with Crippen LogP contribution >= 0.6 is 0 Å². The number of hydrogen-bond donors (Lipinski definition) is 2. The molecule has 0 unspecified atom stereocenters. The first kappa shape index (κ1) is 20.4. The molecule has 5 heteroatoms. The number of carbonyl (C=O) groups excluding carboxylic acids is 1. The number of pyridine rings is 1. The SMILES string of the molecule is CCc1cccc(CC)c1NC(=O)c1cncc(NCc2ccc(OC)cc2)c1. The van der Waals surface area contributed by atoms with E-state index in [0.717, 1.165) is 46.7 Å². The molecule has 3 rings (SSSR count). The molecule has 0 atom stereocenters. The van der Waals surface area contributed by atoms with Gasteiger partial charge >= 0.3 is 0 Å². The molecule has 0 aliphatic rings. The second-order valence-corrected chi connectivity index (χ2v) is 6.78. The minimum atomic E-state index is -0.152. The topological polar surface area (TPSA) is 63.2 Å². The average Bonchev–Trinajstić information content (AvgIpc) is 2.78. The van der Waals surface area contributed by atoms with Gasteiger partial charge in [0.25, 0.3) is 5.91 Å². The quantitative estimate of drug-likeness (QED) is 0.564. The third-order valence-corrected chi connectivity index (χ3v) is 4.89. The summed E-state index contributed by atoms with van der Waals surface area (Å²) in [5.41, 5.74) is 5.63. The van der Waals surface area contributed by atoms with Crippen molar-refractivity contribution in [1.82, 2.24) is 4.98 Å². The minimum absolute atomic E-state index is 0.152. The zero-order valence-corrected chi connectivity index (χ0v) is 17.2. The zero-order valence-electron chi connectivity index (χ0n) is 17.2. The third kappa shape index (κ3) is 5.13. The second-order valence-electron chi connectivity index (χ2n) is 6.78. The number of hydrogen-bond acceptors (Lipinski definition) is 4. The van der Waals surface area contributed by atoms with Crippen LogP contribution in [-0.4, -0.2) is 18.0 Å². The summed E-state index contributed by atoms with van der Waals surface area (Å²) in [6.45, 7) is 4.82. The van der Waals surface area contributed by atoms with E-state index < -0.39 is 0 Å². The lowest BCUT2D eigenvalue weighted by atomic mass is 10.0. The summed E-state index contributed by atoms with van der Waals surface area (Å²) in [7, 11) is 1.65. The van der Waals surface area contributed by atoms with Gasteiger partial charge in [0, 0.05) is 24.6 Å². The molecule has 0 fully saturated rings. The Labute approximate surface area is 172 Å². The molecule has 1 amide bonds. The molecule has 29 heavy (non-hydrogen) atoms. The number of aryl methyl sites for hydroxylation is 2. The van der Waals surface area contributed by atoms with Crippen molar-refractivity contribution < 1.29 is 9.53 Å². The van der Waals surface area contributed by atoms with Crippen LogP contribution in [0.1, 0.15) is 40.9 Å². The molecular formula is C24H27N3O2. The number of nitrogens with one attached hydrogen (secondary N) is 2. The second kappa shape index (κ2) is 9.73. The molecule has 1 aromatic heterocycles. The third-order valence-electron chi connectivity index (χ3n) is 4.89. The maximum Gasteiger partial charge on any atom is 0.257 e. The summed E-state index contributed by atoms with van der Waals surface area (Å²) in [6.07, 6.45) is 5.04. The van der Waals surface area contributed by atoms with Crippen LogP contribution in [0.2, 0.25) is 0 Å². The smallest absolute Gasteiger partial charge is 0.257 e. The fourth-order valence-corrected chi connectivity index (χ4v) is 3.20. The van der Waals surface area contributed by atoms with Crippen LogP contribution in [0.5, 0.6) is 5.75 Å². The van der Waals surface area contributed by atoms with Crippen molar-refractivity contribution in [3.63, 3.8) is 0 Å². The Morgan fingerprint density at radius 1 is 1.00 bits per heavy atom. The number of benzene rings is 2. The Hall–Kier alpha value is -3.34. The molecule has 0 aliphatic heterocycles. The van der Waals surface area contributed by atoms with Crippen molar-refractivity contribution >= 4 is 17.3 Å². The van der Waals surface area contributed by atoms with Gasteiger partial charge < -0.3 is 15.4 Å². The van der Waals surface area contributed by atoms with E-state index in [1.165, 1.54) is 0 Å². The minimum Gasteiger partial charge on any atom is -0.497 e. The maximum atomic E-state index is 12.9. The standard InChI is InChI=1S/C24H27N3O2/c1-4-18-7-6-8-19(5-2)23(18)27-24(28)20-13-21(16-25-15-20)26-14-17-9-11-22(29-3)12-10-17/h6-13,15-16,26H,4-5,14H2,1-3H3,(H,27,28). The first-order valence-corrected chi connectivity index (χ1v) is 9.88. The van der Waals surface area contributed by atoms with Crippen molar-refractivity contribution in [3.05, 3.63) is 83.2 Å². The van der Waals surface area contributed by atoms with Gasteiger partial charge in [0.2, 0.25) is 0 Å². The van der Waals surface area contributed by atoms with Crippen molar-refractivity contribution in [3.8, 4) is 5.75 Å². The van der Waals surface area contributed by atoms with Gasteiger partial charge in [-0.05, 0) is 47.7 Å². The van der Waals surface area contributed by atoms with Crippen LogP contribution in [0.3, 0.4) is 0 Å². The predicted octanol–water partition coefficient (Wildman–Crippen LogP) is 5.08. The van der Waals surface area contributed by atoms with Crippen molar-refractivity contribution in [2.75, 3.05) is 17.7 Å². The molecule has 0 spiro atoms. The molecule has 0 saturated heterocycles. The largest absolute Gasteiger partial charge is 0.497 e. The molecule has 1 heterocycles.